The van der Waals surface area contributed by atoms with Crippen LogP contribution in [0.1, 0.15) is 5.82 Å². The quantitative estimate of drug-likeness (QED) is 0.606. The second-order valence-electron chi connectivity index (χ2n) is 5.39. The average molecular weight is 376 g/mol. The summed E-state index contributed by atoms with van der Waals surface area (Å²) >= 11 is 0. The van der Waals surface area contributed by atoms with Gasteiger partial charge in [0, 0.05) is 31.5 Å². The first-order chi connectivity index (χ1) is 12.4. The highest BCUT2D eigenvalue weighted by atomic mass is 32.2. The number of rotatable bonds is 7. The molecule has 0 spiro atoms. The van der Waals surface area contributed by atoms with Gasteiger partial charge in [-0.25, -0.2) is 32.2 Å². The van der Waals surface area contributed by atoms with E-state index >= 15 is 0 Å². The van der Waals surface area contributed by atoms with E-state index in [0.717, 1.165) is 6.07 Å². The number of aromatic nitrogens is 4. The molecule has 1 aromatic carbocycles. The largest absolute Gasteiger partial charge is 0.369 e. The van der Waals surface area contributed by atoms with Crippen molar-refractivity contribution < 1.29 is 12.8 Å². The normalized spacial score (nSPS) is 11.5. The van der Waals surface area contributed by atoms with Crippen molar-refractivity contribution in [1.29, 1.82) is 0 Å². The summed E-state index contributed by atoms with van der Waals surface area (Å²) < 4.78 is 41.4. The zero-order chi connectivity index (χ0) is 18.6. The summed E-state index contributed by atoms with van der Waals surface area (Å²) in [7, 11) is -3.77. The van der Waals surface area contributed by atoms with E-state index in [9.17, 15) is 12.8 Å². The fourth-order valence-electron chi connectivity index (χ4n) is 2.26. The number of anilines is 1. The van der Waals surface area contributed by atoms with Crippen LogP contribution in [-0.4, -0.2) is 41.3 Å². The summed E-state index contributed by atoms with van der Waals surface area (Å²) in [5.41, 5.74) is 0. The van der Waals surface area contributed by atoms with Crippen LogP contribution in [0.2, 0.25) is 0 Å². The van der Waals surface area contributed by atoms with Crippen molar-refractivity contribution in [3.8, 4) is 5.82 Å². The Kier molecular flexibility index (Phi) is 5.24. The Morgan fingerprint density at radius 2 is 2.00 bits per heavy atom. The predicted molar refractivity (Wildman–Crippen MR) is 94.0 cm³/mol. The minimum atomic E-state index is -3.77. The molecule has 0 atom stereocenters. The van der Waals surface area contributed by atoms with Gasteiger partial charge in [-0.05, 0) is 31.2 Å². The molecule has 0 aliphatic heterocycles. The second kappa shape index (κ2) is 7.58. The molecular formula is C16H17FN6O2S. The van der Waals surface area contributed by atoms with Crippen LogP contribution in [0.15, 0.2) is 53.7 Å². The first kappa shape index (κ1) is 18.0. The molecule has 26 heavy (non-hydrogen) atoms. The van der Waals surface area contributed by atoms with Crippen molar-refractivity contribution in [2.75, 3.05) is 18.4 Å². The Hall–Kier alpha value is -2.85. The molecule has 10 heteroatoms. The number of sulfonamides is 1. The van der Waals surface area contributed by atoms with Crippen molar-refractivity contribution in [2.45, 2.75) is 11.8 Å². The maximum absolute atomic E-state index is 13.2. The number of aryl methyl sites for hydroxylation is 1. The summed E-state index contributed by atoms with van der Waals surface area (Å²) in [6.07, 6.45) is 3.41. The van der Waals surface area contributed by atoms with E-state index in [0.29, 0.717) is 24.0 Å². The van der Waals surface area contributed by atoms with Gasteiger partial charge in [0.15, 0.2) is 5.82 Å². The van der Waals surface area contributed by atoms with Crippen LogP contribution in [0.3, 0.4) is 0 Å². The van der Waals surface area contributed by atoms with Crippen LogP contribution in [0.4, 0.5) is 10.2 Å². The maximum atomic E-state index is 13.2. The summed E-state index contributed by atoms with van der Waals surface area (Å²) in [5, 5.41) is 7.14. The van der Waals surface area contributed by atoms with Gasteiger partial charge in [0.25, 0.3) is 0 Å². The highest BCUT2D eigenvalue weighted by Gasteiger charge is 2.13. The Labute approximate surface area is 150 Å². The highest BCUT2D eigenvalue weighted by molar-refractivity contribution is 7.89. The van der Waals surface area contributed by atoms with Gasteiger partial charge in [0.1, 0.15) is 17.5 Å². The van der Waals surface area contributed by atoms with Gasteiger partial charge in [0.05, 0.1) is 4.90 Å². The zero-order valence-electron chi connectivity index (χ0n) is 13.9. The Bertz CT molecular complexity index is 992. The fourth-order valence-corrected chi connectivity index (χ4v) is 3.32. The molecule has 0 radical (unpaired) electrons. The van der Waals surface area contributed by atoms with Crippen molar-refractivity contribution in [3.63, 3.8) is 0 Å². The van der Waals surface area contributed by atoms with E-state index in [1.807, 2.05) is 0 Å². The summed E-state index contributed by atoms with van der Waals surface area (Å²) in [6.45, 7) is 2.16. The van der Waals surface area contributed by atoms with Crippen molar-refractivity contribution in [1.82, 2.24) is 24.5 Å². The van der Waals surface area contributed by atoms with E-state index in [1.54, 1.807) is 36.1 Å². The first-order valence-electron chi connectivity index (χ1n) is 7.79. The van der Waals surface area contributed by atoms with Crippen LogP contribution >= 0.6 is 0 Å². The number of halogens is 1. The van der Waals surface area contributed by atoms with Gasteiger partial charge >= 0.3 is 0 Å². The van der Waals surface area contributed by atoms with Crippen LogP contribution in [0.25, 0.3) is 5.82 Å². The van der Waals surface area contributed by atoms with Gasteiger partial charge in [-0.3, -0.25) is 0 Å². The molecule has 0 aliphatic rings. The lowest BCUT2D eigenvalue weighted by molar-refractivity contribution is 0.579. The smallest absolute Gasteiger partial charge is 0.240 e. The van der Waals surface area contributed by atoms with Crippen LogP contribution in [0.5, 0.6) is 0 Å². The topological polar surface area (TPSA) is 102 Å². The standard InChI is InChI=1S/C16H17FN6O2S/c1-12-21-15(11-16(22-12)23-9-3-6-19-23)18-7-8-20-26(24,25)14-5-2-4-13(17)10-14/h2-6,9-11,20H,7-8H2,1H3,(H,18,21,22). The van der Waals surface area contributed by atoms with Crippen molar-refractivity contribution in [2.24, 2.45) is 0 Å². The molecule has 8 nitrogen and oxygen atoms in total. The van der Waals surface area contributed by atoms with E-state index in [1.165, 1.54) is 18.2 Å². The number of nitrogens with zero attached hydrogens (tertiary/aromatic N) is 4. The Morgan fingerprint density at radius 3 is 2.73 bits per heavy atom. The molecule has 0 amide bonds. The Morgan fingerprint density at radius 1 is 1.15 bits per heavy atom. The highest BCUT2D eigenvalue weighted by Crippen LogP contribution is 2.11. The molecule has 0 saturated carbocycles. The molecular weight excluding hydrogens is 359 g/mol. The molecule has 2 aromatic heterocycles. The third-order valence-corrected chi connectivity index (χ3v) is 4.85. The minimum absolute atomic E-state index is 0.110. The molecule has 0 bridgehead atoms. The summed E-state index contributed by atoms with van der Waals surface area (Å²) in [4.78, 5) is 8.44. The third-order valence-electron chi connectivity index (χ3n) is 3.39. The van der Waals surface area contributed by atoms with E-state index in [4.69, 9.17) is 0 Å². The lowest BCUT2D eigenvalue weighted by Crippen LogP contribution is -2.29. The molecule has 0 saturated heterocycles. The predicted octanol–water partition coefficient (Wildman–Crippen LogP) is 1.50. The van der Waals surface area contributed by atoms with Gasteiger partial charge in [-0.1, -0.05) is 6.07 Å². The number of hydrogen-bond acceptors (Lipinski definition) is 6. The molecule has 136 valence electrons. The van der Waals surface area contributed by atoms with E-state index in [-0.39, 0.29) is 11.4 Å². The van der Waals surface area contributed by atoms with Crippen LogP contribution in [-0.2, 0) is 10.0 Å². The van der Waals surface area contributed by atoms with Crippen LogP contribution < -0.4 is 10.0 Å². The fraction of sp³-hybridized carbons (Fsp3) is 0.188. The van der Waals surface area contributed by atoms with Crippen molar-refractivity contribution >= 4 is 15.8 Å². The molecule has 2 N–H and O–H groups in total. The number of hydrogen-bond donors (Lipinski definition) is 2. The van der Waals surface area contributed by atoms with Gasteiger partial charge in [-0.15, -0.1) is 0 Å². The molecule has 0 fully saturated rings. The van der Waals surface area contributed by atoms with Crippen molar-refractivity contribution in [3.05, 3.63) is 60.4 Å². The zero-order valence-corrected chi connectivity index (χ0v) is 14.7. The monoisotopic (exact) mass is 376 g/mol. The third kappa shape index (κ3) is 4.41. The number of benzene rings is 1. The molecule has 0 unspecified atom stereocenters. The van der Waals surface area contributed by atoms with Gasteiger partial charge in [-0.2, -0.15) is 5.10 Å². The maximum Gasteiger partial charge on any atom is 0.240 e. The second-order valence-corrected chi connectivity index (χ2v) is 7.16. The summed E-state index contributed by atoms with van der Waals surface area (Å²) in [6, 6.07) is 8.34. The minimum Gasteiger partial charge on any atom is -0.369 e. The SMILES string of the molecule is Cc1nc(NCCNS(=O)(=O)c2cccc(F)c2)cc(-n2cccn2)n1. The number of nitrogens with one attached hydrogen (secondary N) is 2. The average Bonchev–Trinajstić information content (AvgIpc) is 3.13. The molecule has 3 rings (SSSR count). The molecule has 0 aliphatic carbocycles. The van der Waals surface area contributed by atoms with Gasteiger partial charge < -0.3 is 5.32 Å². The lowest BCUT2D eigenvalue weighted by atomic mass is 10.4. The Balaban J connectivity index is 1.60. The first-order valence-corrected chi connectivity index (χ1v) is 9.27. The van der Waals surface area contributed by atoms with Gasteiger partial charge in [0.2, 0.25) is 10.0 Å². The molecule has 3 aromatic rings. The van der Waals surface area contributed by atoms with E-state index in [2.05, 4.69) is 25.1 Å². The van der Waals surface area contributed by atoms with Crippen LogP contribution in [0, 0.1) is 12.7 Å². The molecule has 2 heterocycles. The summed E-state index contributed by atoms with van der Waals surface area (Å²) in [5.74, 6) is 1.10. The lowest BCUT2D eigenvalue weighted by Gasteiger charge is -2.10. The van der Waals surface area contributed by atoms with E-state index < -0.39 is 15.8 Å².